The van der Waals surface area contributed by atoms with Crippen LogP contribution < -0.4 is 29.1 Å². The second kappa shape index (κ2) is 9.91. The lowest BCUT2D eigenvalue weighted by Gasteiger charge is -2.12. The highest BCUT2D eigenvalue weighted by atomic mass is 16.5. The number of hydrazone groups is 1. The molecule has 2 aromatic rings. The van der Waals surface area contributed by atoms with Crippen molar-refractivity contribution in [3.63, 3.8) is 0 Å². The molecule has 8 nitrogen and oxygen atoms in total. The van der Waals surface area contributed by atoms with Crippen molar-refractivity contribution in [2.45, 2.75) is 0 Å². The molecule has 1 N–H and O–H groups in total. The zero-order valence-electron chi connectivity index (χ0n) is 15.6. The topological polar surface area (TPSA) is 87.6 Å². The van der Waals surface area contributed by atoms with Crippen LogP contribution in [0.4, 0.5) is 0 Å². The van der Waals surface area contributed by atoms with Gasteiger partial charge in [-0.05, 0) is 18.2 Å². The summed E-state index contributed by atoms with van der Waals surface area (Å²) in [5.41, 5.74) is 3.01. The smallest absolute Gasteiger partial charge is 0.277 e. The van der Waals surface area contributed by atoms with Crippen molar-refractivity contribution in [1.29, 1.82) is 0 Å². The predicted molar refractivity (Wildman–Crippen MR) is 100 cm³/mol. The Labute approximate surface area is 157 Å². The lowest BCUT2D eigenvalue weighted by molar-refractivity contribution is -0.123. The Morgan fingerprint density at radius 3 is 2.11 bits per heavy atom. The third-order valence-electron chi connectivity index (χ3n) is 3.56. The minimum absolute atomic E-state index is 0.208. The Morgan fingerprint density at radius 2 is 1.48 bits per heavy atom. The monoisotopic (exact) mass is 374 g/mol. The van der Waals surface area contributed by atoms with Gasteiger partial charge in [-0.1, -0.05) is 12.1 Å². The summed E-state index contributed by atoms with van der Waals surface area (Å²) in [6.45, 7) is -0.208. The Hall–Kier alpha value is -3.42. The van der Waals surface area contributed by atoms with Crippen LogP contribution in [0.25, 0.3) is 0 Å². The molecule has 0 radical (unpaired) electrons. The molecule has 144 valence electrons. The fourth-order valence-electron chi connectivity index (χ4n) is 2.24. The number of amides is 1. The molecule has 0 spiro atoms. The first kappa shape index (κ1) is 19.9. The molecule has 27 heavy (non-hydrogen) atoms. The number of hydrogen-bond donors (Lipinski definition) is 1. The number of carbonyl (C=O) groups is 1. The molecule has 0 saturated carbocycles. The molecule has 0 aromatic heterocycles. The van der Waals surface area contributed by atoms with E-state index in [2.05, 4.69) is 10.5 Å². The van der Waals surface area contributed by atoms with E-state index in [4.69, 9.17) is 23.7 Å². The summed E-state index contributed by atoms with van der Waals surface area (Å²) < 4.78 is 26.4. The van der Waals surface area contributed by atoms with Gasteiger partial charge in [0, 0.05) is 11.6 Å². The van der Waals surface area contributed by atoms with Gasteiger partial charge >= 0.3 is 0 Å². The van der Waals surface area contributed by atoms with E-state index in [1.807, 2.05) is 6.07 Å². The van der Waals surface area contributed by atoms with Crippen LogP contribution in [0.1, 0.15) is 5.56 Å². The van der Waals surface area contributed by atoms with Gasteiger partial charge in [0.15, 0.2) is 29.6 Å². The quantitative estimate of drug-likeness (QED) is 0.535. The van der Waals surface area contributed by atoms with Crippen LogP contribution in [0.5, 0.6) is 28.7 Å². The van der Waals surface area contributed by atoms with Crippen molar-refractivity contribution in [3.8, 4) is 28.7 Å². The first-order valence-electron chi connectivity index (χ1n) is 8.00. The van der Waals surface area contributed by atoms with Crippen molar-refractivity contribution in [2.75, 3.05) is 35.0 Å². The minimum Gasteiger partial charge on any atom is -0.496 e. The highest BCUT2D eigenvalue weighted by Gasteiger charge is 2.11. The molecule has 0 aliphatic rings. The van der Waals surface area contributed by atoms with E-state index in [9.17, 15) is 4.79 Å². The Balaban J connectivity index is 1.99. The van der Waals surface area contributed by atoms with Crippen molar-refractivity contribution in [1.82, 2.24) is 5.43 Å². The number of carbonyl (C=O) groups excluding carboxylic acids is 1. The Kier molecular flexibility index (Phi) is 7.30. The van der Waals surface area contributed by atoms with Crippen LogP contribution in [0.3, 0.4) is 0 Å². The Bertz CT molecular complexity index is 807. The van der Waals surface area contributed by atoms with E-state index in [0.29, 0.717) is 34.3 Å². The molecule has 2 rings (SSSR count). The molecule has 0 saturated heterocycles. The summed E-state index contributed by atoms with van der Waals surface area (Å²) in [5, 5.41) is 3.92. The molecule has 0 unspecified atom stereocenters. The minimum atomic E-state index is -0.420. The standard InChI is InChI=1S/C19H22N2O6/c1-23-14-7-5-6-8-15(14)27-12-19(22)21-20-11-13-9-17(25-3)18(26-4)10-16(13)24-2/h5-11H,12H2,1-4H3,(H,21,22)/b20-11+. The van der Waals surface area contributed by atoms with Gasteiger partial charge < -0.3 is 23.7 Å². The van der Waals surface area contributed by atoms with Gasteiger partial charge in [0.1, 0.15) is 5.75 Å². The van der Waals surface area contributed by atoms with Crippen LogP contribution in [-0.2, 0) is 4.79 Å². The first-order chi connectivity index (χ1) is 13.1. The fraction of sp³-hybridized carbons (Fsp3) is 0.263. The van der Waals surface area contributed by atoms with Crippen molar-refractivity contribution in [2.24, 2.45) is 5.10 Å². The number of para-hydroxylation sites is 2. The maximum Gasteiger partial charge on any atom is 0.277 e. The molecule has 0 heterocycles. The third kappa shape index (κ3) is 5.27. The van der Waals surface area contributed by atoms with Crippen LogP contribution in [0.15, 0.2) is 41.5 Å². The normalized spacial score (nSPS) is 10.4. The van der Waals surface area contributed by atoms with Gasteiger partial charge in [0.2, 0.25) is 0 Å². The van der Waals surface area contributed by atoms with Crippen LogP contribution >= 0.6 is 0 Å². The van der Waals surface area contributed by atoms with Crippen LogP contribution in [0.2, 0.25) is 0 Å². The molecule has 0 aliphatic heterocycles. The van der Waals surface area contributed by atoms with Gasteiger partial charge in [-0.3, -0.25) is 4.79 Å². The third-order valence-corrected chi connectivity index (χ3v) is 3.56. The molecule has 1 amide bonds. The van der Waals surface area contributed by atoms with Crippen molar-refractivity contribution >= 4 is 12.1 Å². The average Bonchev–Trinajstić information content (AvgIpc) is 2.71. The van der Waals surface area contributed by atoms with Gasteiger partial charge in [0.05, 0.1) is 34.7 Å². The van der Waals surface area contributed by atoms with E-state index in [1.165, 1.54) is 34.7 Å². The maximum atomic E-state index is 11.9. The van der Waals surface area contributed by atoms with E-state index in [-0.39, 0.29) is 6.61 Å². The van der Waals surface area contributed by atoms with Crippen LogP contribution in [0, 0.1) is 0 Å². The Morgan fingerprint density at radius 1 is 0.889 bits per heavy atom. The number of ether oxygens (including phenoxy) is 5. The van der Waals surface area contributed by atoms with E-state index < -0.39 is 5.91 Å². The molecule has 0 fully saturated rings. The first-order valence-corrected chi connectivity index (χ1v) is 8.00. The molecule has 8 heteroatoms. The van der Waals surface area contributed by atoms with E-state index >= 15 is 0 Å². The summed E-state index contributed by atoms with van der Waals surface area (Å²) in [5.74, 6) is 2.17. The second-order valence-electron chi connectivity index (χ2n) is 5.18. The zero-order valence-corrected chi connectivity index (χ0v) is 15.6. The summed E-state index contributed by atoms with van der Waals surface area (Å²) in [7, 11) is 6.12. The number of benzene rings is 2. The zero-order chi connectivity index (χ0) is 19.6. The van der Waals surface area contributed by atoms with Crippen molar-refractivity contribution < 1.29 is 28.5 Å². The lowest BCUT2D eigenvalue weighted by Crippen LogP contribution is -2.24. The summed E-state index contributed by atoms with van der Waals surface area (Å²) >= 11 is 0. The summed E-state index contributed by atoms with van der Waals surface area (Å²) in [6, 6.07) is 10.4. The summed E-state index contributed by atoms with van der Waals surface area (Å²) in [4.78, 5) is 11.9. The largest absolute Gasteiger partial charge is 0.496 e. The second-order valence-corrected chi connectivity index (χ2v) is 5.18. The molecule has 0 bridgehead atoms. The number of hydrogen-bond acceptors (Lipinski definition) is 7. The number of rotatable bonds is 9. The molecule has 2 aromatic carbocycles. The average molecular weight is 374 g/mol. The fourth-order valence-corrected chi connectivity index (χ4v) is 2.24. The highest BCUT2D eigenvalue weighted by Crippen LogP contribution is 2.33. The SMILES string of the molecule is COc1cc(OC)c(OC)cc1/C=N/NC(=O)COc1ccccc1OC. The molecular formula is C19H22N2O6. The predicted octanol–water partition coefficient (Wildman–Crippen LogP) is 2.25. The summed E-state index contributed by atoms with van der Waals surface area (Å²) in [6.07, 6.45) is 1.45. The van der Waals surface area contributed by atoms with Gasteiger partial charge in [-0.15, -0.1) is 0 Å². The van der Waals surface area contributed by atoms with E-state index in [0.717, 1.165) is 0 Å². The molecule has 0 atom stereocenters. The number of methoxy groups -OCH3 is 4. The lowest BCUT2D eigenvalue weighted by atomic mass is 10.2. The number of nitrogens with one attached hydrogen (secondary N) is 1. The molecular weight excluding hydrogens is 352 g/mol. The highest BCUT2D eigenvalue weighted by molar-refractivity contribution is 5.86. The maximum absolute atomic E-state index is 11.9. The molecule has 0 aliphatic carbocycles. The van der Waals surface area contributed by atoms with E-state index in [1.54, 1.807) is 30.3 Å². The van der Waals surface area contributed by atoms with Gasteiger partial charge in [0.25, 0.3) is 5.91 Å². The van der Waals surface area contributed by atoms with Gasteiger partial charge in [-0.2, -0.15) is 5.10 Å². The number of nitrogens with zero attached hydrogens (tertiary/aromatic N) is 1. The van der Waals surface area contributed by atoms with Crippen molar-refractivity contribution in [3.05, 3.63) is 42.0 Å². The van der Waals surface area contributed by atoms with Gasteiger partial charge in [-0.25, -0.2) is 5.43 Å². The van der Waals surface area contributed by atoms with Crippen LogP contribution in [-0.4, -0.2) is 47.2 Å².